The standard InChI is InChI=1S/C27H22F2N6O2S/c1-3-21(36)33-12-14-6-7-35-24-16(27(37)34(14)11-13(33)2)8-20(29)22(18(24)10-32-35)15-4-5-19(28)25-23(15)17(9-30)26(31)38-25/h3-5,8,10,13-14H,1,6-7,11-12,31H2,2H3. The summed E-state index contributed by atoms with van der Waals surface area (Å²) in [5.74, 6) is -1.77. The number of aromatic nitrogens is 2. The van der Waals surface area contributed by atoms with Crippen LogP contribution in [0.2, 0.25) is 0 Å². The highest BCUT2D eigenvalue weighted by Gasteiger charge is 2.39. The van der Waals surface area contributed by atoms with Gasteiger partial charge >= 0.3 is 0 Å². The number of nitrogens with zero attached hydrogens (tertiary/aromatic N) is 5. The molecule has 6 rings (SSSR count). The number of hydrogen-bond donors (Lipinski definition) is 1. The van der Waals surface area contributed by atoms with E-state index >= 15 is 4.39 Å². The van der Waals surface area contributed by atoms with Crippen LogP contribution in [0.25, 0.3) is 32.1 Å². The molecule has 11 heteroatoms. The van der Waals surface area contributed by atoms with Crippen LogP contribution in [0.15, 0.2) is 37.1 Å². The van der Waals surface area contributed by atoms with Crippen molar-refractivity contribution in [3.05, 3.63) is 59.8 Å². The largest absolute Gasteiger partial charge is 0.389 e. The fourth-order valence-electron chi connectivity index (χ4n) is 5.75. The van der Waals surface area contributed by atoms with E-state index in [0.717, 1.165) is 11.3 Å². The molecule has 0 bridgehead atoms. The number of nitrogen functional groups attached to an aromatic ring is 1. The van der Waals surface area contributed by atoms with E-state index < -0.39 is 11.6 Å². The monoisotopic (exact) mass is 532 g/mol. The van der Waals surface area contributed by atoms with E-state index in [2.05, 4.69) is 11.7 Å². The predicted molar refractivity (Wildman–Crippen MR) is 140 cm³/mol. The lowest BCUT2D eigenvalue weighted by Gasteiger charge is -2.45. The molecule has 2 aliphatic rings. The van der Waals surface area contributed by atoms with Crippen LogP contribution in [0, 0.1) is 23.0 Å². The van der Waals surface area contributed by atoms with Crippen LogP contribution in [0.4, 0.5) is 13.8 Å². The van der Waals surface area contributed by atoms with Gasteiger partial charge in [-0.2, -0.15) is 10.4 Å². The molecule has 1 saturated heterocycles. The maximum Gasteiger partial charge on any atom is 0.256 e. The molecule has 0 aliphatic carbocycles. The Kier molecular flexibility index (Phi) is 5.47. The number of carbonyl (C=O) groups excluding carboxylic acids is 2. The van der Waals surface area contributed by atoms with Crippen molar-refractivity contribution in [2.75, 3.05) is 18.8 Å². The lowest BCUT2D eigenvalue weighted by Crippen LogP contribution is -2.60. The Morgan fingerprint density at radius 1 is 1.29 bits per heavy atom. The van der Waals surface area contributed by atoms with Crippen molar-refractivity contribution < 1.29 is 18.4 Å². The number of piperazine rings is 1. The molecule has 2 aromatic heterocycles. The van der Waals surface area contributed by atoms with Gasteiger partial charge in [-0.15, -0.1) is 11.3 Å². The Balaban J connectivity index is 1.54. The zero-order chi connectivity index (χ0) is 26.9. The molecule has 0 radical (unpaired) electrons. The smallest absolute Gasteiger partial charge is 0.256 e. The number of thiophene rings is 1. The average molecular weight is 533 g/mol. The first-order chi connectivity index (χ1) is 18.2. The third kappa shape index (κ3) is 3.33. The molecule has 8 nitrogen and oxygen atoms in total. The fraction of sp³-hybridized carbons (Fsp3) is 0.259. The molecule has 192 valence electrons. The number of carbonyl (C=O) groups is 2. The minimum Gasteiger partial charge on any atom is -0.389 e. The molecule has 38 heavy (non-hydrogen) atoms. The highest BCUT2D eigenvalue weighted by atomic mass is 32.1. The van der Waals surface area contributed by atoms with E-state index in [4.69, 9.17) is 5.73 Å². The number of aryl methyl sites for hydroxylation is 1. The summed E-state index contributed by atoms with van der Waals surface area (Å²) in [6, 6.07) is 5.38. The molecule has 2 aromatic carbocycles. The minimum absolute atomic E-state index is 0.0875. The summed E-state index contributed by atoms with van der Waals surface area (Å²) >= 11 is 0.939. The number of anilines is 1. The third-order valence-corrected chi connectivity index (χ3v) is 8.56. The van der Waals surface area contributed by atoms with Gasteiger partial charge in [-0.1, -0.05) is 12.6 Å². The van der Waals surface area contributed by atoms with Gasteiger partial charge in [-0.3, -0.25) is 14.3 Å². The third-order valence-electron chi connectivity index (χ3n) is 7.54. The van der Waals surface area contributed by atoms with Crippen LogP contribution in [-0.2, 0) is 11.3 Å². The van der Waals surface area contributed by atoms with Crippen LogP contribution < -0.4 is 5.73 Å². The summed E-state index contributed by atoms with van der Waals surface area (Å²) in [6.45, 7) is 6.54. The number of benzene rings is 2. The van der Waals surface area contributed by atoms with E-state index in [0.29, 0.717) is 42.5 Å². The Morgan fingerprint density at radius 3 is 2.82 bits per heavy atom. The second-order valence-electron chi connectivity index (χ2n) is 9.61. The van der Waals surface area contributed by atoms with Crippen molar-refractivity contribution in [3.8, 4) is 17.2 Å². The topological polar surface area (TPSA) is 108 Å². The molecule has 2 N–H and O–H groups in total. The van der Waals surface area contributed by atoms with Crippen molar-refractivity contribution in [3.63, 3.8) is 0 Å². The van der Waals surface area contributed by atoms with E-state index in [9.17, 15) is 19.2 Å². The van der Waals surface area contributed by atoms with Gasteiger partial charge in [0.2, 0.25) is 5.91 Å². The van der Waals surface area contributed by atoms with Crippen molar-refractivity contribution in [1.82, 2.24) is 19.6 Å². The van der Waals surface area contributed by atoms with Gasteiger partial charge in [0.05, 0.1) is 33.6 Å². The van der Waals surface area contributed by atoms with Gasteiger partial charge in [0.15, 0.2) is 0 Å². The summed E-state index contributed by atoms with van der Waals surface area (Å²) < 4.78 is 32.5. The molecular formula is C27H22F2N6O2S. The van der Waals surface area contributed by atoms with Gasteiger partial charge in [-0.25, -0.2) is 8.78 Å². The highest BCUT2D eigenvalue weighted by molar-refractivity contribution is 7.23. The molecular weight excluding hydrogens is 510 g/mol. The van der Waals surface area contributed by atoms with Crippen molar-refractivity contribution in [1.29, 1.82) is 5.26 Å². The van der Waals surface area contributed by atoms with Crippen molar-refractivity contribution in [2.45, 2.75) is 32.0 Å². The highest BCUT2D eigenvalue weighted by Crippen LogP contribution is 2.44. The second-order valence-corrected chi connectivity index (χ2v) is 10.7. The molecule has 2 unspecified atom stereocenters. The van der Waals surface area contributed by atoms with Crippen molar-refractivity contribution in [2.24, 2.45) is 0 Å². The number of rotatable bonds is 2. The fourth-order valence-corrected chi connectivity index (χ4v) is 6.70. The summed E-state index contributed by atoms with van der Waals surface area (Å²) in [4.78, 5) is 29.6. The zero-order valence-electron chi connectivity index (χ0n) is 20.4. The van der Waals surface area contributed by atoms with Gasteiger partial charge in [0.1, 0.15) is 22.7 Å². The number of hydrogen-bond acceptors (Lipinski definition) is 6. The quantitative estimate of drug-likeness (QED) is 0.388. The van der Waals surface area contributed by atoms with Crippen molar-refractivity contribution >= 4 is 49.1 Å². The predicted octanol–water partition coefficient (Wildman–Crippen LogP) is 4.28. The van der Waals surface area contributed by atoms with Crippen LogP contribution in [0.3, 0.4) is 0 Å². The molecule has 2 aliphatic heterocycles. The molecule has 2 atom stereocenters. The van der Waals surface area contributed by atoms with Crippen LogP contribution in [-0.4, -0.2) is 56.6 Å². The molecule has 0 saturated carbocycles. The van der Waals surface area contributed by atoms with E-state index in [1.54, 1.807) is 14.5 Å². The molecule has 1 fully saturated rings. The number of fused-ring (bicyclic) bond motifs is 2. The number of amides is 2. The minimum atomic E-state index is -0.687. The first-order valence-electron chi connectivity index (χ1n) is 12.1. The van der Waals surface area contributed by atoms with Crippen LogP contribution in [0.5, 0.6) is 0 Å². The Bertz CT molecular complexity index is 1740. The average Bonchev–Trinajstić information content (AvgIpc) is 3.47. The molecule has 4 heterocycles. The zero-order valence-corrected chi connectivity index (χ0v) is 21.2. The maximum atomic E-state index is 16.0. The van der Waals surface area contributed by atoms with Crippen LogP contribution in [0.1, 0.15) is 29.3 Å². The van der Waals surface area contributed by atoms with Crippen LogP contribution >= 0.6 is 11.3 Å². The molecule has 0 spiro atoms. The first-order valence-corrected chi connectivity index (χ1v) is 12.9. The normalized spacial score (nSPS) is 19.3. The summed E-state index contributed by atoms with van der Waals surface area (Å²) in [5.41, 5.74) is 7.17. The summed E-state index contributed by atoms with van der Waals surface area (Å²) in [5, 5.41) is 15.0. The number of nitriles is 1. The van der Waals surface area contributed by atoms with E-state index in [-0.39, 0.29) is 55.7 Å². The van der Waals surface area contributed by atoms with Gasteiger partial charge < -0.3 is 15.5 Å². The molecule has 4 aromatic rings. The maximum absolute atomic E-state index is 16.0. The Morgan fingerprint density at radius 2 is 2.08 bits per heavy atom. The van der Waals surface area contributed by atoms with Gasteiger partial charge in [0.25, 0.3) is 5.91 Å². The SMILES string of the molecule is C=CC(=O)N1CC2CCn3ncc4c(-c5ccc(F)c6sc(N)c(C#N)c56)c(F)cc(c43)C(=O)N2CC1C. The lowest BCUT2D eigenvalue weighted by molar-refractivity contribution is -0.131. The summed E-state index contributed by atoms with van der Waals surface area (Å²) in [6.07, 6.45) is 3.32. The molecule has 2 amide bonds. The second kappa shape index (κ2) is 8.63. The Labute approximate surface area is 220 Å². The first kappa shape index (κ1) is 24.1. The van der Waals surface area contributed by atoms with Gasteiger partial charge in [-0.05, 0) is 37.1 Å². The van der Waals surface area contributed by atoms with E-state index in [1.165, 1.54) is 30.5 Å². The lowest BCUT2D eigenvalue weighted by atomic mass is 9.93. The Hall–Kier alpha value is -4.30. The van der Waals surface area contributed by atoms with Gasteiger partial charge in [0, 0.05) is 42.0 Å². The number of halogens is 2. The summed E-state index contributed by atoms with van der Waals surface area (Å²) in [7, 11) is 0. The van der Waals surface area contributed by atoms with E-state index in [1.807, 2.05) is 13.0 Å². The number of nitrogens with two attached hydrogens (primary N) is 1.